The summed E-state index contributed by atoms with van der Waals surface area (Å²) in [6.45, 7) is 5.03. The molecule has 1 N–H and O–H groups in total. The molecule has 4 rings (SSSR count). The molecule has 0 unspecified atom stereocenters. The first-order valence-corrected chi connectivity index (χ1v) is 8.18. The van der Waals surface area contributed by atoms with Crippen molar-refractivity contribution in [2.45, 2.75) is 26.4 Å². The van der Waals surface area contributed by atoms with Gasteiger partial charge in [-0.3, -0.25) is 0 Å². The van der Waals surface area contributed by atoms with Crippen LogP contribution in [0.5, 0.6) is 5.75 Å². The van der Waals surface area contributed by atoms with Crippen LogP contribution in [-0.4, -0.2) is 29.7 Å². The largest absolute Gasteiger partial charge is 0.487 e. The first kappa shape index (κ1) is 14.5. The van der Waals surface area contributed by atoms with E-state index in [4.69, 9.17) is 9.47 Å². The van der Waals surface area contributed by atoms with Gasteiger partial charge in [0.15, 0.2) is 0 Å². The van der Waals surface area contributed by atoms with E-state index in [0.717, 1.165) is 61.2 Å². The molecule has 0 bridgehead atoms. The van der Waals surface area contributed by atoms with Crippen LogP contribution in [0.15, 0.2) is 24.3 Å². The van der Waals surface area contributed by atoms with Crippen molar-refractivity contribution in [1.29, 1.82) is 0 Å². The lowest BCUT2D eigenvalue weighted by Gasteiger charge is -2.15. The van der Waals surface area contributed by atoms with Crippen LogP contribution in [-0.2, 0) is 17.8 Å². The van der Waals surface area contributed by atoms with E-state index in [0.29, 0.717) is 12.5 Å². The van der Waals surface area contributed by atoms with Crippen LogP contribution in [0.3, 0.4) is 0 Å². The van der Waals surface area contributed by atoms with E-state index in [1.165, 1.54) is 5.56 Å². The lowest BCUT2D eigenvalue weighted by Crippen LogP contribution is -2.17. The highest BCUT2D eigenvalue weighted by atomic mass is 16.5. The number of nitrogens with zero attached hydrogens (tertiary/aromatic N) is 2. The number of benzene rings is 1. The molecule has 1 aromatic heterocycles. The lowest BCUT2D eigenvalue weighted by atomic mass is 10.0. The van der Waals surface area contributed by atoms with Crippen LogP contribution in [0.2, 0.25) is 0 Å². The summed E-state index contributed by atoms with van der Waals surface area (Å²) in [5.74, 6) is 3.23. The fourth-order valence-electron chi connectivity index (χ4n) is 3.22. The summed E-state index contributed by atoms with van der Waals surface area (Å²) in [5, 5.41) is 3.53. The third-order valence-corrected chi connectivity index (χ3v) is 4.49. The third-order valence-electron chi connectivity index (χ3n) is 4.49. The van der Waals surface area contributed by atoms with Crippen molar-refractivity contribution in [3.8, 4) is 5.75 Å². The van der Waals surface area contributed by atoms with Crippen molar-refractivity contribution in [1.82, 2.24) is 9.97 Å². The van der Waals surface area contributed by atoms with Gasteiger partial charge in [-0.05, 0) is 25.0 Å². The van der Waals surface area contributed by atoms with Crippen LogP contribution in [0.1, 0.15) is 29.1 Å². The molecule has 1 fully saturated rings. The minimum Gasteiger partial charge on any atom is -0.487 e. The van der Waals surface area contributed by atoms with Crippen molar-refractivity contribution >= 4 is 5.82 Å². The molecule has 0 spiro atoms. The molecule has 1 atom stereocenters. The number of anilines is 1. The van der Waals surface area contributed by atoms with Crippen LogP contribution in [0, 0.1) is 12.8 Å². The van der Waals surface area contributed by atoms with Gasteiger partial charge in [0.2, 0.25) is 0 Å². The maximum Gasteiger partial charge on any atom is 0.133 e. The predicted octanol–water partition coefficient (Wildman–Crippen LogP) is 2.72. The van der Waals surface area contributed by atoms with Crippen molar-refractivity contribution < 1.29 is 9.47 Å². The Morgan fingerprint density at radius 3 is 3.04 bits per heavy atom. The topological polar surface area (TPSA) is 56.3 Å². The first-order chi connectivity index (χ1) is 11.3. The Balaban J connectivity index is 1.64. The van der Waals surface area contributed by atoms with Gasteiger partial charge in [-0.15, -0.1) is 0 Å². The third kappa shape index (κ3) is 3.01. The molecule has 0 radical (unpaired) electrons. The van der Waals surface area contributed by atoms with Gasteiger partial charge < -0.3 is 14.8 Å². The molecule has 2 aromatic rings. The Bertz CT molecular complexity index is 711. The zero-order valence-corrected chi connectivity index (χ0v) is 13.3. The Kier molecular flexibility index (Phi) is 3.87. The Labute approximate surface area is 136 Å². The predicted molar refractivity (Wildman–Crippen MR) is 87.8 cm³/mol. The average Bonchev–Trinajstić information content (AvgIpc) is 3.00. The normalized spacial score (nSPS) is 19.4. The van der Waals surface area contributed by atoms with E-state index in [1.54, 1.807) is 0 Å². The van der Waals surface area contributed by atoms with Gasteiger partial charge in [0.1, 0.15) is 24.0 Å². The molecule has 3 heterocycles. The van der Waals surface area contributed by atoms with Crippen LogP contribution < -0.4 is 10.1 Å². The number of aromatic nitrogens is 2. The van der Waals surface area contributed by atoms with E-state index < -0.39 is 0 Å². The van der Waals surface area contributed by atoms with Gasteiger partial charge in [-0.2, -0.15) is 0 Å². The SMILES string of the molecule is Cc1nc2c(c(NC[C@@H]3CCOC3)n1)Cc1ccccc1OC2. The van der Waals surface area contributed by atoms with E-state index in [2.05, 4.69) is 21.4 Å². The summed E-state index contributed by atoms with van der Waals surface area (Å²) in [4.78, 5) is 9.24. The van der Waals surface area contributed by atoms with Gasteiger partial charge in [0, 0.05) is 31.1 Å². The van der Waals surface area contributed by atoms with E-state index >= 15 is 0 Å². The van der Waals surface area contributed by atoms with Crippen molar-refractivity contribution in [2.75, 3.05) is 25.1 Å². The zero-order chi connectivity index (χ0) is 15.6. The number of para-hydroxylation sites is 1. The summed E-state index contributed by atoms with van der Waals surface area (Å²) < 4.78 is 11.4. The van der Waals surface area contributed by atoms with Crippen LogP contribution in [0.4, 0.5) is 5.82 Å². The first-order valence-electron chi connectivity index (χ1n) is 8.18. The summed E-state index contributed by atoms with van der Waals surface area (Å²) in [5.41, 5.74) is 3.32. The molecule has 1 aromatic carbocycles. The van der Waals surface area contributed by atoms with Gasteiger partial charge in [-0.25, -0.2) is 9.97 Å². The number of fused-ring (bicyclic) bond motifs is 2. The zero-order valence-electron chi connectivity index (χ0n) is 13.3. The molecule has 23 heavy (non-hydrogen) atoms. The smallest absolute Gasteiger partial charge is 0.133 e. The summed E-state index contributed by atoms with van der Waals surface area (Å²) in [7, 11) is 0. The maximum atomic E-state index is 5.92. The van der Waals surface area contributed by atoms with Crippen molar-refractivity contribution in [2.24, 2.45) is 5.92 Å². The van der Waals surface area contributed by atoms with E-state index in [1.807, 2.05) is 25.1 Å². The molecule has 2 aliphatic heterocycles. The Morgan fingerprint density at radius 1 is 1.26 bits per heavy atom. The second-order valence-corrected chi connectivity index (χ2v) is 6.23. The number of hydrogen-bond donors (Lipinski definition) is 1. The fourth-order valence-corrected chi connectivity index (χ4v) is 3.22. The number of nitrogens with one attached hydrogen (secondary N) is 1. The Hall–Kier alpha value is -2.14. The lowest BCUT2D eigenvalue weighted by molar-refractivity contribution is 0.187. The highest BCUT2D eigenvalue weighted by Crippen LogP contribution is 2.30. The summed E-state index contributed by atoms with van der Waals surface area (Å²) in [6, 6.07) is 8.18. The van der Waals surface area contributed by atoms with Crippen LogP contribution in [0.25, 0.3) is 0 Å². The monoisotopic (exact) mass is 311 g/mol. The Morgan fingerprint density at radius 2 is 2.17 bits per heavy atom. The van der Waals surface area contributed by atoms with Crippen LogP contribution >= 0.6 is 0 Å². The number of aryl methyl sites for hydroxylation is 1. The van der Waals surface area contributed by atoms with Crippen molar-refractivity contribution in [3.63, 3.8) is 0 Å². The molecular weight excluding hydrogens is 290 g/mol. The number of hydrogen-bond acceptors (Lipinski definition) is 5. The standard InChI is InChI=1S/C18H21N3O2/c1-12-20-16-11-23-17-5-3-2-4-14(17)8-15(16)18(21-12)19-9-13-6-7-22-10-13/h2-5,13H,6-11H2,1H3,(H,19,20,21)/t13-/m0/s1. The average molecular weight is 311 g/mol. The van der Waals surface area contributed by atoms with Gasteiger partial charge in [-0.1, -0.05) is 18.2 Å². The van der Waals surface area contributed by atoms with Gasteiger partial charge >= 0.3 is 0 Å². The second kappa shape index (κ2) is 6.16. The quantitative estimate of drug-likeness (QED) is 0.944. The molecule has 1 saturated heterocycles. The van der Waals surface area contributed by atoms with E-state index in [-0.39, 0.29) is 0 Å². The minimum absolute atomic E-state index is 0.497. The fraction of sp³-hybridized carbons (Fsp3) is 0.444. The molecule has 0 aliphatic carbocycles. The molecule has 0 amide bonds. The molecule has 2 aliphatic rings. The number of ether oxygens (including phenoxy) is 2. The maximum absolute atomic E-state index is 5.92. The summed E-state index contributed by atoms with van der Waals surface area (Å²) >= 11 is 0. The van der Waals surface area contributed by atoms with Crippen molar-refractivity contribution in [3.05, 3.63) is 46.9 Å². The molecule has 5 heteroatoms. The molecule has 0 saturated carbocycles. The molecular formula is C18H21N3O2. The highest BCUT2D eigenvalue weighted by Gasteiger charge is 2.21. The minimum atomic E-state index is 0.497. The summed E-state index contributed by atoms with van der Waals surface area (Å²) in [6.07, 6.45) is 1.92. The molecule has 5 nitrogen and oxygen atoms in total. The number of rotatable bonds is 3. The second-order valence-electron chi connectivity index (χ2n) is 6.23. The highest BCUT2D eigenvalue weighted by molar-refractivity contribution is 5.52. The molecule has 120 valence electrons. The van der Waals surface area contributed by atoms with E-state index in [9.17, 15) is 0 Å². The van der Waals surface area contributed by atoms with Gasteiger partial charge in [0.25, 0.3) is 0 Å². The van der Waals surface area contributed by atoms with Gasteiger partial charge in [0.05, 0.1) is 12.3 Å².